The molecule has 2 rings (SSSR count). The third-order valence-corrected chi connectivity index (χ3v) is 3.91. The Balaban J connectivity index is 2.99. The Morgan fingerprint density at radius 2 is 1.79 bits per heavy atom. The molecule has 0 unspecified atom stereocenters. The molecule has 14 heavy (non-hydrogen) atoms. The van der Waals surface area contributed by atoms with E-state index in [-0.39, 0.29) is 0 Å². The van der Waals surface area contributed by atoms with Crippen LogP contribution in [0.4, 0.5) is 0 Å². The number of rotatable bonds is 0. The summed E-state index contributed by atoms with van der Waals surface area (Å²) in [6.45, 7) is 0. The molecule has 0 aliphatic heterocycles. The number of halogens is 4. The third-order valence-electron chi connectivity index (χ3n) is 1.83. The Kier molecular flexibility index (Phi) is 3.07. The predicted octanol–water partition coefficient (Wildman–Crippen LogP) is 4.80. The van der Waals surface area contributed by atoms with E-state index in [4.69, 9.17) is 34.8 Å². The summed E-state index contributed by atoms with van der Waals surface area (Å²) >= 11 is 20.1. The average molecular weight is 358 g/mol. The van der Waals surface area contributed by atoms with Crippen molar-refractivity contribution in [1.82, 2.24) is 4.98 Å². The van der Waals surface area contributed by atoms with Gasteiger partial charge in [0, 0.05) is 26.7 Å². The fourth-order valence-corrected chi connectivity index (χ4v) is 2.83. The number of pyridine rings is 1. The zero-order valence-corrected chi connectivity index (χ0v) is 11.1. The van der Waals surface area contributed by atoms with Crippen LogP contribution in [0.3, 0.4) is 0 Å². The molecular weight excluding hydrogens is 355 g/mol. The highest BCUT2D eigenvalue weighted by Gasteiger charge is 2.11. The molecule has 72 valence electrons. The lowest BCUT2D eigenvalue weighted by molar-refractivity contribution is 1.35. The van der Waals surface area contributed by atoms with Crippen molar-refractivity contribution in [3.63, 3.8) is 0 Å². The quantitative estimate of drug-likeness (QED) is 0.487. The van der Waals surface area contributed by atoms with Crippen LogP contribution in [0.15, 0.2) is 18.5 Å². The molecule has 1 aromatic carbocycles. The molecule has 1 aromatic heterocycles. The lowest BCUT2D eigenvalue weighted by Crippen LogP contribution is -1.84. The molecule has 5 heteroatoms. The fraction of sp³-hybridized carbons (Fsp3) is 0. The molecule has 0 aliphatic carbocycles. The van der Waals surface area contributed by atoms with Crippen LogP contribution in [0.25, 0.3) is 10.8 Å². The summed E-state index contributed by atoms with van der Waals surface area (Å²) in [5, 5.41) is 3.13. The van der Waals surface area contributed by atoms with Crippen molar-refractivity contribution in [2.24, 2.45) is 0 Å². The number of hydrogen-bond acceptors (Lipinski definition) is 1. The number of nitrogens with zero attached hydrogens (tertiary/aromatic N) is 1. The van der Waals surface area contributed by atoms with E-state index < -0.39 is 0 Å². The molecule has 2 aromatic rings. The Labute approximate surface area is 110 Å². The van der Waals surface area contributed by atoms with Gasteiger partial charge in [0.05, 0.1) is 15.1 Å². The number of benzene rings is 1. The topological polar surface area (TPSA) is 12.9 Å². The zero-order chi connectivity index (χ0) is 10.3. The molecule has 0 saturated heterocycles. The number of hydrogen-bond donors (Lipinski definition) is 0. The molecule has 0 N–H and O–H groups in total. The minimum absolute atomic E-state index is 0.393. The van der Waals surface area contributed by atoms with Crippen molar-refractivity contribution in [3.05, 3.63) is 37.1 Å². The van der Waals surface area contributed by atoms with Gasteiger partial charge in [0.1, 0.15) is 0 Å². The molecule has 1 nitrogen and oxygen atoms in total. The van der Waals surface area contributed by atoms with Crippen molar-refractivity contribution in [3.8, 4) is 0 Å². The molecule has 0 radical (unpaired) electrons. The van der Waals surface area contributed by atoms with Gasteiger partial charge in [-0.1, -0.05) is 34.8 Å². The first-order valence-electron chi connectivity index (χ1n) is 3.68. The molecule has 1 heterocycles. The molecule has 0 saturated carbocycles. The van der Waals surface area contributed by atoms with E-state index in [9.17, 15) is 0 Å². The maximum absolute atomic E-state index is 6.09. The monoisotopic (exact) mass is 357 g/mol. The maximum atomic E-state index is 6.09. The van der Waals surface area contributed by atoms with E-state index in [0.717, 1.165) is 14.3 Å². The highest BCUT2D eigenvalue weighted by molar-refractivity contribution is 14.1. The highest BCUT2D eigenvalue weighted by Crippen LogP contribution is 2.38. The van der Waals surface area contributed by atoms with Crippen LogP contribution in [0.1, 0.15) is 0 Å². The lowest BCUT2D eigenvalue weighted by Gasteiger charge is -2.05. The second-order valence-electron chi connectivity index (χ2n) is 2.71. The summed E-state index contributed by atoms with van der Waals surface area (Å²) in [5.41, 5.74) is 0. The van der Waals surface area contributed by atoms with Crippen molar-refractivity contribution < 1.29 is 0 Å². The molecular formula is C9H3Cl3IN. The first-order chi connectivity index (χ1) is 6.61. The van der Waals surface area contributed by atoms with Crippen LogP contribution in [0.2, 0.25) is 15.1 Å². The third kappa shape index (κ3) is 1.69. The van der Waals surface area contributed by atoms with Crippen LogP contribution in [0.5, 0.6) is 0 Å². The van der Waals surface area contributed by atoms with E-state index in [1.54, 1.807) is 18.5 Å². The summed E-state index contributed by atoms with van der Waals surface area (Å²) in [7, 11) is 0. The largest absolute Gasteiger partial charge is 0.263 e. The second kappa shape index (κ2) is 4.00. The van der Waals surface area contributed by atoms with Gasteiger partial charge in [0.25, 0.3) is 0 Å². The van der Waals surface area contributed by atoms with Gasteiger partial charge in [-0.25, -0.2) is 0 Å². The fourth-order valence-electron chi connectivity index (χ4n) is 1.21. The van der Waals surface area contributed by atoms with Crippen LogP contribution < -0.4 is 0 Å². The van der Waals surface area contributed by atoms with Gasteiger partial charge in [0.15, 0.2) is 0 Å². The molecule has 0 spiro atoms. The lowest BCUT2D eigenvalue weighted by atomic mass is 10.2. The van der Waals surface area contributed by atoms with E-state index in [0.29, 0.717) is 15.1 Å². The SMILES string of the molecule is Clc1cc2cncc(I)c2c(Cl)c1Cl. The maximum Gasteiger partial charge on any atom is 0.0785 e. The van der Waals surface area contributed by atoms with Gasteiger partial charge in [-0.3, -0.25) is 4.98 Å². The van der Waals surface area contributed by atoms with Gasteiger partial charge in [-0.15, -0.1) is 0 Å². The summed E-state index contributed by atoms with van der Waals surface area (Å²) in [5.74, 6) is 0. The molecule has 0 fully saturated rings. The molecule has 0 bridgehead atoms. The van der Waals surface area contributed by atoms with Crippen LogP contribution in [0, 0.1) is 3.57 Å². The van der Waals surface area contributed by atoms with E-state index >= 15 is 0 Å². The summed E-state index contributed by atoms with van der Waals surface area (Å²) in [6.07, 6.45) is 3.45. The first kappa shape index (κ1) is 10.7. The minimum Gasteiger partial charge on any atom is -0.263 e. The van der Waals surface area contributed by atoms with Crippen molar-refractivity contribution >= 4 is 68.2 Å². The Morgan fingerprint density at radius 3 is 2.50 bits per heavy atom. The van der Waals surface area contributed by atoms with Crippen LogP contribution in [-0.2, 0) is 0 Å². The van der Waals surface area contributed by atoms with Gasteiger partial charge < -0.3 is 0 Å². The summed E-state index contributed by atoms with van der Waals surface area (Å²) in [6, 6.07) is 1.76. The normalized spacial score (nSPS) is 10.9. The molecule has 0 aliphatic rings. The Hall–Kier alpha value is 0.230. The minimum atomic E-state index is 0.393. The summed E-state index contributed by atoms with van der Waals surface area (Å²) < 4.78 is 0.962. The van der Waals surface area contributed by atoms with Crippen LogP contribution in [-0.4, -0.2) is 4.98 Å². The van der Waals surface area contributed by atoms with Gasteiger partial charge in [-0.2, -0.15) is 0 Å². The van der Waals surface area contributed by atoms with Crippen LogP contribution >= 0.6 is 57.4 Å². The second-order valence-corrected chi connectivity index (χ2v) is 5.03. The van der Waals surface area contributed by atoms with Gasteiger partial charge >= 0.3 is 0 Å². The van der Waals surface area contributed by atoms with Crippen molar-refractivity contribution in [2.75, 3.05) is 0 Å². The van der Waals surface area contributed by atoms with Gasteiger partial charge in [-0.05, 0) is 28.7 Å². The highest BCUT2D eigenvalue weighted by atomic mass is 127. The van der Waals surface area contributed by atoms with E-state index in [1.165, 1.54) is 0 Å². The predicted molar refractivity (Wildman–Crippen MR) is 69.5 cm³/mol. The Bertz CT molecular complexity index is 513. The molecule has 0 atom stereocenters. The van der Waals surface area contributed by atoms with Crippen molar-refractivity contribution in [2.45, 2.75) is 0 Å². The number of fused-ring (bicyclic) bond motifs is 1. The van der Waals surface area contributed by atoms with Crippen molar-refractivity contribution in [1.29, 1.82) is 0 Å². The smallest absolute Gasteiger partial charge is 0.0785 e. The zero-order valence-electron chi connectivity index (χ0n) is 6.69. The number of aromatic nitrogens is 1. The van der Waals surface area contributed by atoms with E-state index in [2.05, 4.69) is 27.6 Å². The first-order valence-corrected chi connectivity index (χ1v) is 5.89. The molecule has 0 amide bonds. The standard InChI is InChI=1S/C9H3Cl3IN/c10-5-1-4-2-14-3-6(13)7(4)9(12)8(5)11/h1-3H. The van der Waals surface area contributed by atoms with Gasteiger partial charge in [0.2, 0.25) is 0 Å². The average Bonchev–Trinajstić information content (AvgIpc) is 2.14. The van der Waals surface area contributed by atoms with E-state index in [1.807, 2.05) is 0 Å². The Morgan fingerprint density at radius 1 is 1.07 bits per heavy atom. The summed E-state index contributed by atoms with van der Waals surface area (Å²) in [4.78, 5) is 4.06.